The second-order valence-corrected chi connectivity index (χ2v) is 4.28. The first-order valence-corrected chi connectivity index (χ1v) is 6.01. The molecule has 0 saturated carbocycles. The van der Waals surface area contributed by atoms with Gasteiger partial charge in [0.1, 0.15) is 6.54 Å². The van der Waals surface area contributed by atoms with Crippen molar-refractivity contribution in [3.63, 3.8) is 0 Å². The normalized spacial score (nSPS) is 10.8. The molecule has 5 heteroatoms. The van der Waals surface area contributed by atoms with Crippen LogP contribution in [0.5, 0.6) is 0 Å². The Balaban J connectivity index is 2.07. The number of amides is 1. The molecule has 18 heavy (non-hydrogen) atoms. The first-order chi connectivity index (χ1) is 8.72. The minimum atomic E-state index is 0.0686. The van der Waals surface area contributed by atoms with Crippen LogP contribution in [0.4, 0.5) is 0 Å². The summed E-state index contributed by atoms with van der Waals surface area (Å²) in [6, 6.07) is 7.89. The van der Waals surface area contributed by atoms with Crippen molar-refractivity contribution in [1.29, 1.82) is 0 Å². The van der Waals surface area contributed by atoms with Gasteiger partial charge in [-0.3, -0.25) is 9.48 Å². The zero-order valence-corrected chi connectivity index (χ0v) is 10.8. The Morgan fingerprint density at radius 1 is 1.44 bits per heavy atom. The van der Waals surface area contributed by atoms with Crippen LogP contribution in [0.3, 0.4) is 0 Å². The van der Waals surface area contributed by atoms with Gasteiger partial charge in [0.15, 0.2) is 0 Å². The molecule has 0 radical (unpaired) electrons. The minimum Gasteiger partial charge on any atom is -0.343 e. The van der Waals surface area contributed by atoms with Gasteiger partial charge in [-0.1, -0.05) is 18.2 Å². The van der Waals surface area contributed by atoms with Gasteiger partial charge in [-0.25, -0.2) is 0 Å². The highest BCUT2D eigenvalue weighted by Crippen LogP contribution is 2.12. The maximum Gasteiger partial charge on any atom is 0.244 e. The number of carbonyl (C=O) groups excluding carboxylic acids is 1. The van der Waals surface area contributed by atoms with Gasteiger partial charge in [-0.05, 0) is 13.1 Å². The Morgan fingerprint density at radius 3 is 3.00 bits per heavy atom. The maximum atomic E-state index is 12.0. The van der Waals surface area contributed by atoms with Crippen molar-refractivity contribution in [3.8, 4) is 0 Å². The summed E-state index contributed by atoms with van der Waals surface area (Å²) >= 11 is 0. The number of rotatable bonds is 5. The third-order valence-corrected chi connectivity index (χ3v) is 2.96. The van der Waals surface area contributed by atoms with Gasteiger partial charge in [0.2, 0.25) is 5.91 Å². The number of nitrogens with zero attached hydrogens (tertiary/aromatic N) is 3. The van der Waals surface area contributed by atoms with E-state index in [4.69, 9.17) is 0 Å². The zero-order valence-electron chi connectivity index (χ0n) is 10.8. The summed E-state index contributed by atoms with van der Waals surface area (Å²) in [5, 5.41) is 8.34. The maximum absolute atomic E-state index is 12.0. The van der Waals surface area contributed by atoms with E-state index in [9.17, 15) is 4.79 Å². The molecule has 2 aromatic rings. The van der Waals surface area contributed by atoms with Crippen LogP contribution in [0.25, 0.3) is 10.9 Å². The van der Waals surface area contributed by atoms with Crippen molar-refractivity contribution in [2.45, 2.75) is 6.54 Å². The van der Waals surface area contributed by atoms with E-state index in [2.05, 4.69) is 10.4 Å². The van der Waals surface area contributed by atoms with Crippen LogP contribution >= 0.6 is 0 Å². The lowest BCUT2D eigenvalue weighted by atomic mass is 10.2. The molecule has 0 bridgehead atoms. The number of benzene rings is 1. The van der Waals surface area contributed by atoms with Gasteiger partial charge in [-0.2, -0.15) is 5.10 Å². The molecular weight excluding hydrogens is 228 g/mol. The fourth-order valence-electron chi connectivity index (χ4n) is 1.80. The van der Waals surface area contributed by atoms with Crippen LogP contribution in [-0.2, 0) is 11.3 Å². The van der Waals surface area contributed by atoms with E-state index in [1.807, 2.05) is 38.4 Å². The standard InChI is InChI=1S/C13H18N4O/c1-14-7-8-16(2)13(18)10-17-12-6-4-3-5-11(12)9-15-17/h3-6,9,14H,7-8,10H2,1-2H3. The van der Waals surface area contributed by atoms with Gasteiger partial charge in [0.25, 0.3) is 0 Å². The summed E-state index contributed by atoms with van der Waals surface area (Å²) in [4.78, 5) is 13.7. The molecule has 1 amide bonds. The first-order valence-electron chi connectivity index (χ1n) is 6.01. The van der Waals surface area contributed by atoms with Crippen LogP contribution in [0.1, 0.15) is 0 Å². The fraction of sp³-hybridized carbons (Fsp3) is 0.385. The second-order valence-electron chi connectivity index (χ2n) is 4.28. The lowest BCUT2D eigenvalue weighted by Gasteiger charge is -2.17. The van der Waals surface area contributed by atoms with E-state index >= 15 is 0 Å². The van der Waals surface area contributed by atoms with Crippen molar-refractivity contribution >= 4 is 16.8 Å². The Hall–Kier alpha value is -1.88. The number of fused-ring (bicyclic) bond motifs is 1. The second kappa shape index (κ2) is 5.64. The van der Waals surface area contributed by atoms with E-state index < -0.39 is 0 Å². The molecule has 0 aliphatic heterocycles. The third-order valence-electron chi connectivity index (χ3n) is 2.96. The van der Waals surface area contributed by atoms with Crippen molar-refractivity contribution in [2.24, 2.45) is 0 Å². The smallest absolute Gasteiger partial charge is 0.244 e. The largest absolute Gasteiger partial charge is 0.343 e. The van der Waals surface area contributed by atoms with Crippen LogP contribution in [0.2, 0.25) is 0 Å². The Morgan fingerprint density at radius 2 is 2.22 bits per heavy atom. The summed E-state index contributed by atoms with van der Waals surface area (Å²) in [7, 11) is 3.69. The summed E-state index contributed by atoms with van der Waals surface area (Å²) in [5.41, 5.74) is 0.993. The third kappa shape index (κ3) is 2.68. The summed E-state index contributed by atoms with van der Waals surface area (Å²) < 4.78 is 1.74. The number of hydrogen-bond donors (Lipinski definition) is 1. The Kier molecular flexibility index (Phi) is 3.94. The lowest BCUT2D eigenvalue weighted by molar-refractivity contribution is -0.130. The predicted molar refractivity (Wildman–Crippen MR) is 71.3 cm³/mol. The molecule has 1 heterocycles. The highest BCUT2D eigenvalue weighted by atomic mass is 16.2. The molecule has 0 spiro atoms. The molecule has 1 aromatic carbocycles. The SMILES string of the molecule is CNCCN(C)C(=O)Cn1ncc2ccccc21. The molecule has 0 unspecified atom stereocenters. The van der Waals surface area contributed by atoms with E-state index in [0.717, 1.165) is 17.4 Å². The summed E-state index contributed by atoms with van der Waals surface area (Å²) in [6.45, 7) is 1.78. The number of likely N-dealkylation sites (N-methyl/N-ethyl adjacent to an activating group) is 2. The van der Waals surface area contributed by atoms with Crippen molar-refractivity contribution in [1.82, 2.24) is 20.0 Å². The highest BCUT2D eigenvalue weighted by molar-refractivity contribution is 5.81. The molecule has 5 nitrogen and oxygen atoms in total. The topological polar surface area (TPSA) is 50.2 Å². The molecule has 1 aromatic heterocycles. The molecule has 96 valence electrons. The van der Waals surface area contributed by atoms with E-state index in [0.29, 0.717) is 6.54 Å². The number of nitrogens with one attached hydrogen (secondary N) is 1. The van der Waals surface area contributed by atoms with Crippen LogP contribution in [-0.4, -0.2) is 47.8 Å². The van der Waals surface area contributed by atoms with Crippen molar-refractivity contribution in [3.05, 3.63) is 30.5 Å². The number of para-hydroxylation sites is 1. The molecule has 1 N–H and O–H groups in total. The summed E-state index contributed by atoms with van der Waals surface area (Å²) in [6.07, 6.45) is 1.79. The van der Waals surface area contributed by atoms with Crippen LogP contribution < -0.4 is 5.32 Å². The molecule has 0 fully saturated rings. The van der Waals surface area contributed by atoms with Gasteiger partial charge >= 0.3 is 0 Å². The molecule has 2 rings (SSSR count). The summed E-state index contributed by atoms with van der Waals surface area (Å²) in [5.74, 6) is 0.0686. The first kappa shape index (κ1) is 12.6. The molecule has 0 atom stereocenters. The number of hydrogen-bond acceptors (Lipinski definition) is 3. The van der Waals surface area contributed by atoms with Gasteiger partial charge in [-0.15, -0.1) is 0 Å². The number of carbonyl (C=O) groups is 1. The van der Waals surface area contributed by atoms with E-state index in [1.165, 1.54) is 0 Å². The van der Waals surface area contributed by atoms with E-state index in [1.54, 1.807) is 15.8 Å². The van der Waals surface area contributed by atoms with E-state index in [-0.39, 0.29) is 12.5 Å². The minimum absolute atomic E-state index is 0.0686. The quantitative estimate of drug-likeness (QED) is 0.845. The molecule has 0 aliphatic rings. The average molecular weight is 246 g/mol. The van der Waals surface area contributed by atoms with Crippen molar-refractivity contribution in [2.75, 3.05) is 27.2 Å². The Bertz CT molecular complexity index is 535. The van der Waals surface area contributed by atoms with Crippen LogP contribution in [0, 0.1) is 0 Å². The van der Waals surface area contributed by atoms with Gasteiger partial charge in [0.05, 0.1) is 11.7 Å². The highest BCUT2D eigenvalue weighted by Gasteiger charge is 2.11. The van der Waals surface area contributed by atoms with Crippen molar-refractivity contribution < 1.29 is 4.79 Å². The Labute approximate surface area is 106 Å². The van der Waals surface area contributed by atoms with Crippen LogP contribution in [0.15, 0.2) is 30.5 Å². The predicted octanol–water partition coefficient (Wildman–Crippen LogP) is 0.714. The fourth-order valence-corrected chi connectivity index (χ4v) is 1.80. The van der Waals surface area contributed by atoms with Gasteiger partial charge < -0.3 is 10.2 Å². The van der Waals surface area contributed by atoms with Gasteiger partial charge in [0, 0.05) is 25.5 Å². The lowest BCUT2D eigenvalue weighted by Crippen LogP contribution is -2.35. The molecule has 0 aliphatic carbocycles. The average Bonchev–Trinajstić information content (AvgIpc) is 2.79. The zero-order chi connectivity index (χ0) is 13.0. The molecular formula is C13H18N4O. The number of aromatic nitrogens is 2. The molecule has 0 saturated heterocycles. The monoisotopic (exact) mass is 246 g/mol.